The average Bonchev–Trinajstić information content (AvgIpc) is 3.09. The number of aromatic nitrogens is 2. The van der Waals surface area contributed by atoms with Gasteiger partial charge >= 0.3 is 6.55 Å². The number of nitrogens with one attached hydrogen (secondary N) is 1. The van der Waals surface area contributed by atoms with Crippen LogP contribution >= 0.6 is 15.9 Å². The maximum atomic E-state index is 13.9. The van der Waals surface area contributed by atoms with Crippen molar-refractivity contribution >= 4 is 21.8 Å². The van der Waals surface area contributed by atoms with E-state index in [-0.39, 0.29) is 15.9 Å². The molecule has 0 fully saturated rings. The number of nitrogens with zero attached hydrogens (tertiary/aromatic N) is 3. The van der Waals surface area contributed by atoms with Crippen molar-refractivity contribution in [3.63, 3.8) is 0 Å². The number of aliphatic imine (C=N–C) groups is 1. The predicted molar refractivity (Wildman–Crippen MR) is 110 cm³/mol. The lowest BCUT2D eigenvalue weighted by Crippen LogP contribution is -2.48. The first-order valence-corrected chi connectivity index (χ1v) is 9.96. The molecule has 0 radical (unpaired) electrons. The van der Waals surface area contributed by atoms with E-state index in [0.717, 1.165) is 12.3 Å². The normalized spacial score (nSPS) is 20.6. The molecule has 3 heterocycles. The number of hydrogen-bond donors (Lipinski definition) is 1. The van der Waals surface area contributed by atoms with Crippen LogP contribution in [0.2, 0.25) is 0 Å². The second-order valence-electron chi connectivity index (χ2n) is 7.03. The third-order valence-electron chi connectivity index (χ3n) is 5.24. The summed E-state index contributed by atoms with van der Waals surface area (Å²) in [6, 6.07) is 9.04. The minimum absolute atomic E-state index is 0.216. The molecule has 1 aromatic carbocycles. The van der Waals surface area contributed by atoms with Gasteiger partial charge in [0.05, 0.1) is 10.5 Å². The van der Waals surface area contributed by atoms with Crippen LogP contribution in [0.3, 0.4) is 0 Å². The molecular weight excluding hydrogens is 480 g/mol. The number of benzene rings is 1. The lowest BCUT2D eigenvalue weighted by molar-refractivity contribution is 0.0663. The Labute approximate surface area is 182 Å². The third-order valence-corrected chi connectivity index (χ3v) is 5.85. The van der Waals surface area contributed by atoms with Crippen LogP contribution < -0.4 is 10.9 Å². The van der Waals surface area contributed by atoms with Gasteiger partial charge in [-0.05, 0) is 52.7 Å². The first kappa shape index (κ1) is 21.2. The molecule has 1 aliphatic heterocycles. The summed E-state index contributed by atoms with van der Waals surface area (Å²) in [5, 5.41) is 3.24. The van der Waals surface area contributed by atoms with Gasteiger partial charge in [0.15, 0.2) is 0 Å². The van der Waals surface area contributed by atoms with Crippen LogP contribution in [0.5, 0.6) is 0 Å². The summed E-state index contributed by atoms with van der Waals surface area (Å²) in [7, 11) is 0. The smallest absolute Gasteiger partial charge is 0.321 e. The Morgan fingerprint density at radius 3 is 2.52 bits per heavy atom. The van der Waals surface area contributed by atoms with Gasteiger partial charge in [-0.15, -0.1) is 0 Å². The van der Waals surface area contributed by atoms with Gasteiger partial charge in [0.25, 0.3) is 5.56 Å². The van der Waals surface area contributed by atoms with E-state index >= 15 is 0 Å². The Kier molecular flexibility index (Phi) is 5.42. The number of halogens is 5. The summed E-state index contributed by atoms with van der Waals surface area (Å²) in [6.45, 7) is -1.23. The maximum Gasteiger partial charge on any atom is 0.321 e. The van der Waals surface area contributed by atoms with Crippen molar-refractivity contribution in [2.45, 2.75) is 25.1 Å². The summed E-state index contributed by atoms with van der Waals surface area (Å²) in [4.78, 5) is 20.0. The van der Waals surface area contributed by atoms with Crippen molar-refractivity contribution in [2.75, 3.05) is 0 Å². The molecule has 2 atom stereocenters. The molecule has 10 heteroatoms. The van der Waals surface area contributed by atoms with E-state index in [1.165, 1.54) is 30.5 Å². The van der Waals surface area contributed by atoms with Crippen molar-refractivity contribution in [3.8, 4) is 0 Å². The van der Waals surface area contributed by atoms with Gasteiger partial charge in [-0.2, -0.15) is 13.2 Å². The Morgan fingerprint density at radius 1 is 1.13 bits per heavy atom. The zero-order chi connectivity index (χ0) is 22.3. The van der Waals surface area contributed by atoms with E-state index in [2.05, 4.69) is 31.2 Å². The van der Waals surface area contributed by atoms with E-state index in [4.69, 9.17) is 0 Å². The molecule has 31 heavy (non-hydrogen) atoms. The van der Waals surface area contributed by atoms with Gasteiger partial charge in [-0.3, -0.25) is 14.4 Å². The molecule has 4 rings (SSSR count). The molecule has 0 spiro atoms. The van der Waals surface area contributed by atoms with Gasteiger partial charge in [-0.25, -0.2) is 9.37 Å². The Bertz CT molecular complexity index is 1230. The van der Waals surface area contributed by atoms with E-state index in [1.807, 2.05) is 0 Å². The Balaban J connectivity index is 1.86. The van der Waals surface area contributed by atoms with Crippen LogP contribution in [-0.2, 0) is 5.54 Å². The number of hydrogen-bond acceptors (Lipinski definition) is 4. The summed E-state index contributed by atoms with van der Waals surface area (Å²) >= 11 is 3.18. The SMILES string of the molecule is CC1N=C(c2ccc(=O)n(C(F)F)c2)NC1(c1ccc(F)nc1)c1ccc(F)c(Br)c1. The molecule has 1 N–H and O–H groups in total. The second kappa shape index (κ2) is 7.92. The molecule has 0 saturated carbocycles. The molecule has 1 aliphatic rings. The Morgan fingerprint density at radius 2 is 1.87 bits per heavy atom. The minimum atomic E-state index is -3.01. The fourth-order valence-electron chi connectivity index (χ4n) is 3.70. The summed E-state index contributed by atoms with van der Waals surface area (Å²) in [5.74, 6) is -0.881. The van der Waals surface area contributed by atoms with Gasteiger partial charge in [-0.1, -0.05) is 12.1 Å². The van der Waals surface area contributed by atoms with E-state index < -0.39 is 35.5 Å². The summed E-state index contributed by atoms with van der Waals surface area (Å²) in [5.41, 5.74) is -0.520. The highest BCUT2D eigenvalue weighted by atomic mass is 79.9. The molecule has 0 aliphatic carbocycles. The molecule has 0 saturated heterocycles. The molecule has 0 bridgehead atoms. The van der Waals surface area contributed by atoms with Crippen LogP contribution in [0.1, 0.15) is 30.2 Å². The minimum Gasteiger partial charge on any atom is -0.354 e. The zero-order valence-electron chi connectivity index (χ0n) is 16.0. The van der Waals surface area contributed by atoms with Crippen molar-refractivity contribution < 1.29 is 17.6 Å². The van der Waals surface area contributed by atoms with Crippen LogP contribution in [0.4, 0.5) is 17.6 Å². The highest BCUT2D eigenvalue weighted by Crippen LogP contribution is 2.39. The largest absolute Gasteiger partial charge is 0.354 e. The standard InChI is InChI=1S/C21H15BrF4N4O/c1-11-21(14-4-6-17(24)27-9-14,13-3-5-16(23)15(22)8-13)29-19(28-11)12-2-7-18(31)30(10-12)20(25)26/h2-11,20H,1H3,(H,28,29). The van der Waals surface area contributed by atoms with Crippen LogP contribution in [0.25, 0.3) is 0 Å². The van der Waals surface area contributed by atoms with Crippen LogP contribution in [0.15, 0.2) is 69.1 Å². The first-order chi connectivity index (χ1) is 14.7. The highest BCUT2D eigenvalue weighted by Gasteiger charge is 2.45. The molecule has 2 aromatic heterocycles. The predicted octanol–water partition coefficient (Wildman–Crippen LogP) is 4.36. The van der Waals surface area contributed by atoms with Crippen LogP contribution in [0, 0.1) is 11.8 Å². The topological polar surface area (TPSA) is 59.3 Å². The number of alkyl halides is 2. The lowest BCUT2D eigenvalue weighted by Gasteiger charge is -2.35. The van der Waals surface area contributed by atoms with E-state index in [1.54, 1.807) is 19.1 Å². The quantitative estimate of drug-likeness (QED) is 0.433. The second-order valence-corrected chi connectivity index (χ2v) is 7.88. The van der Waals surface area contributed by atoms with E-state index in [0.29, 0.717) is 15.7 Å². The first-order valence-electron chi connectivity index (χ1n) is 9.16. The van der Waals surface area contributed by atoms with Crippen molar-refractivity contribution in [3.05, 3.63) is 98.1 Å². The Hall–Kier alpha value is -3.01. The van der Waals surface area contributed by atoms with Crippen molar-refractivity contribution in [1.82, 2.24) is 14.9 Å². The van der Waals surface area contributed by atoms with Crippen LogP contribution in [-0.4, -0.2) is 21.4 Å². The maximum absolute atomic E-state index is 13.9. The average molecular weight is 495 g/mol. The monoisotopic (exact) mass is 494 g/mol. The van der Waals surface area contributed by atoms with E-state index in [9.17, 15) is 22.4 Å². The molecule has 160 valence electrons. The zero-order valence-corrected chi connectivity index (χ0v) is 17.6. The summed E-state index contributed by atoms with van der Waals surface area (Å²) < 4.78 is 54.3. The number of rotatable bonds is 4. The van der Waals surface area contributed by atoms with Crippen molar-refractivity contribution in [1.29, 1.82) is 0 Å². The molecule has 0 amide bonds. The van der Waals surface area contributed by atoms with Gasteiger partial charge in [0.1, 0.15) is 17.2 Å². The van der Waals surface area contributed by atoms with Crippen molar-refractivity contribution in [2.24, 2.45) is 4.99 Å². The molecule has 2 unspecified atom stereocenters. The van der Waals surface area contributed by atoms with Gasteiger partial charge < -0.3 is 5.32 Å². The number of pyridine rings is 2. The lowest BCUT2D eigenvalue weighted by atomic mass is 9.79. The fraction of sp³-hybridized carbons (Fsp3) is 0.190. The summed E-state index contributed by atoms with van der Waals surface area (Å²) in [6.07, 6.45) is 2.36. The highest BCUT2D eigenvalue weighted by molar-refractivity contribution is 9.10. The fourth-order valence-corrected chi connectivity index (χ4v) is 4.08. The molecule has 3 aromatic rings. The molecular formula is C21H15BrF4N4O. The third kappa shape index (κ3) is 3.65. The molecule has 5 nitrogen and oxygen atoms in total. The van der Waals surface area contributed by atoms with Gasteiger partial charge in [0, 0.05) is 29.6 Å². The number of amidine groups is 1. The van der Waals surface area contributed by atoms with Gasteiger partial charge in [0.2, 0.25) is 5.95 Å².